The molecule has 0 unspecified atom stereocenters. The second-order valence-corrected chi connectivity index (χ2v) is 8.28. The zero-order valence-corrected chi connectivity index (χ0v) is 20.2. The maximum absolute atomic E-state index is 4.62. The molecule has 9 heteroatoms. The lowest BCUT2D eigenvalue weighted by Gasteiger charge is -2.40. The van der Waals surface area contributed by atoms with Gasteiger partial charge in [0.2, 0.25) is 5.13 Å². The van der Waals surface area contributed by atoms with Gasteiger partial charge in [-0.05, 0) is 26.9 Å². The SMILES string of the molecule is CCc1nsc(N2CCN(C(=NC)NCC3(N(C)C)CCCC3)CC2)n1.I. The van der Waals surface area contributed by atoms with E-state index in [1.165, 1.54) is 37.2 Å². The average Bonchev–Trinajstić information content (AvgIpc) is 3.33. The highest BCUT2D eigenvalue weighted by Crippen LogP contribution is 2.33. The molecule has 0 atom stereocenters. The van der Waals surface area contributed by atoms with E-state index in [0.29, 0.717) is 0 Å². The largest absolute Gasteiger partial charge is 0.354 e. The Kier molecular flexibility index (Phi) is 8.54. The first-order valence-corrected chi connectivity index (χ1v) is 10.6. The first-order chi connectivity index (χ1) is 12.6. The third-order valence-electron chi connectivity index (χ3n) is 5.89. The molecule has 2 heterocycles. The number of hydrogen-bond acceptors (Lipinski definition) is 6. The zero-order chi connectivity index (χ0) is 18.6. The number of rotatable bonds is 5. The topological polar surface area (TPSA) is 59.9 Å². The minimum absolute atomic E-state index is 0. The summed E-state index contributed by atoms with van der Waals surface area (Å²) in [7, 11) is 6.31. The number of aromatic nitrogens is 2. The van der Waals surface area contributed by atoms with Gasteiger partial charge in [-0.15, -0.1) is 24.0 Å². The molecule has 0 spiro atoms. The lowest BCUT2D eigenvalue weighted by atomic mass is 9.96. The summed E-state index contributed by atoms with van der Waals surface area (Å²) in [6.07, 6.45) is 6.11. The van der Waals surface area contributed by atoms with Crippen LogP contribution in [0.15, 0.2) is 4.99 Å². The summed E-state index contributed by atoms with van der Waals surface area (Å²) in [6.45, 7) is 6.95. The third-order valence-corrected chi connectivity index (χ3v) is 6.71. The summed E-state index contributed by atoms with van der Waals surface area (Å²) in [6, 6.07) is 0. The van der Waals surface area contributed by atoms with E-state index in [2.05, 4.69) is 55.4 Å². The van der Waals surface area contributed by atoms with Crippen molar-refractivity contribution in [3.8, 4) is 0 Å². The second kappa shape index (κ2) is 10.2. The van der Waals surface area contributed by atoms with Gasteiger partial charge in [0.15, 0.2) is 5.96 Å². The van der Waals surface area contributed by atoms with Crippen LogP contribution in [0.3, 0.4) is 0 Å². The third kappa shape index (κ3) is 5.23. The number of aryl methyl sites for hydroxylation is 1. The highest BCUT2D eigenvalue weighted by molar-refractivity contribution is 14.0. The number of piperazine rings is 1. The first kappa shape index (κ1) is 22.6. The number of anilines is 1. The monoisotopic (exact) mass is 507 g/mol. The van der Waals surface area contributed by atoms with Crippen molar-refractivity contribution in [2.75, 3.05) is 58.8 Å². The minimum Gasteiger partial charge on any atom is -0.354 e. The number of hydrogen-bond donors (Lipinski definition) is 1. The Hall–Kier alpha value is -0.680. The molecule has 1 saturated carbocycles. The molecule has 154 valence electrons. The molecule has 1 aromatic heterocycles. The Balaban J connectivity index is 0.00000261. The molecule has 0 amide bonds. The van der Waals surface area contributed by atoms with Crippen molar-refractivity contribution >= 4 is 46.6 Å². The molecule has 1 aliphatic heterocycles. The predicted octanol–water partition coefficient (Wildman–Crippen LogP) is 2.29. The minimum atomic E-state index is 0. The lowest BCUT2D eigenvalue weighted by Crippen LogP contribution is -2.57. The summed E-state index contributed by atoms with van der Waals surface area (Å²) in [5, 5.41) is 4.72. The van der Waals surface area contributed by atoms with Crippen molar-refractivity contribution in [1.82, 2.24) is 24.5 Å². The van der Waals surface area contributed by atoms with Crippen molar-refractivity contribution in [3.63, 3.8) is 0 Å². The van der Waals surface area contributed by atoms with Gasteiger partial charge in [-0.1, -0.05) is 19.8 Å². The van der Waals surface area contributed by atoms with E-state index in [9.17, 15) is 0 Å². The smallest absolute Gasteiger partial charge is 0.205 e. The van der Waals surface area contributed by atoms with Crippen LogP contribution >= 0.6 is 35.5 Å². The van der Waals surface area contributed by atoms with Crippen LogP contribution in [0.4, 0.5) is 5.13 Å². The van der Waals surface area contributed by atoms with Crippen molar-refractivity contribution in [2.24, 2.45) is 4.99 Å². The van der Waals surface area contributed by atoms with E-state index in [1.807, 2.05) is 7.05 Å². The maximum Gasteiger partial charge on any atom is 0.205 e. The number of guanidine groups is 1. The molecule has 0 radical (unpaired) electrons. The molecule has 2 aliphatic rings. The van der Waals surface area contributed by atoms with Crippen LogP contribution in [0.2, 0.25) is 0 Å². The van der Waals surface area contributed by atoms with Crippen LogP contribution < -0.4 is 10.2 Å². The molecule has 1 aliphatic carbocycles. The highest BCUT2D eigenvalue weighted by atomic mass is 127. The Morgan fingerprint density at radius 3 is 2.41 bits per heavy atom. The molecule has 1 saturated heterocycles. The number of aliphatic imine (C=N–C) groups is 1. The van der Waals surface area contributed by atoms with Gasteiger partial charge in [0.05, 0.1) is 0 Å². The summed E-state index contributed by atoms with van der Waals surface area (Å²) in [4.78, 5) is 16.3. The van der Waals surface area contributed by atoms with Crippen LogP contribution in [0.25, 0.3) is 0 Å². The van der Waals surface area contributed by atoms with Crippen molar-refractivity contribution < 1.29 is 0 Å². The van der Waals surface area contributed by atoms with Gasteiger partial charge < -0.3 is 20.0 Å². The molecule has 1 N–H and O–H groups in total. The van der Waals surface area contributed by atoms with Gasteiger partial charge >= 0.3 is 0 Å². The van der Waals surface area contributed by atoms with Gasteiger partial charge in [0.25, 0.3) is 0 Å². The van der Waals surface area contributed by atoms with Crippen LogP contribution in [-0.2, 0) is 6.42 Å². The van der Waals surface area contributed by atoms with E-state index < -0.39 is 0 Å². The molecule has 3 rings (SSSR count). The van der Waals surface area contributed by atoms with Crippen LogP contribution in [0.5, 0.6) is 0 Å². The van der Waals surface area contributed by atoms with Gasteiger partial charge in [-0.25, -0.2) is 4.98 Å². The first-order valence-electron chi connectivity index (χ1n) is 9.78. The molecule has 0 bridgehead atoms. The Morgan fingerprint density at radius 1 is 1.22 bits per heavy atom. The number of nitrogens with one attached hydrogen (secondary N) is 1. The average molecular weight is 507 g/mol. The van der Waals surface area contributed by atoms with Crippen molar-refractivity contribution in [1.29, 1.82) is 0 Å². The Morgan fingerprint density at radius 2 is 1.89 bits per heavy atom. The molecule has 27 heavy (non-hydrogen) atoms. The van der Waals surface area contributed by atoms with E-state index in [1.54, 1.807) is 0 Å². The Labute approximate surface area is 184 Å². The summed E-state index contributed by atoms with van der Waals surface area (Å²) >= 11 is 1.52. The molecule has 1 aromatic rings. The van der Waals surface area contributed by atoms with Crippen molar-refractivity contribution in [3.05, 3.63) is 5.82 Å². The van der Waals surface area contributed by atoms with E-state index >= 15 is 0 Å². The molecule has 7 nitrogen and oxygen atoms in total. The number of nitrogens with zero attached hydrogens (tertiary/aromatic N) is 6. The van der Waals surface area contributed by atoms with Gasteiger partial charge in [-0.3, -0.25) is 4.99 Å². The number of halogens is 1. The lowest BCUT2D eigenvalue weighted by molar-refractivity contribution is 0.159. The molecular formula is C18H34IN7S. The Bertz CT molecular complexity index is 605. The predicted molar refractivity (Wildman–Crippen MR) is 125 cm³/mol. The van der Waals surface area contributed by atoms with Gasteiger partial charge in [0, 0.05) is 63.3 Å². The maximum atomic E-state index is 4.62. The number of likely N-dealkylation sites (N-methyl/N-ethyl adjacent to an activating group) is 1. The van der Waals surface area contributed by atoms with Crippen LogP contribution in [-0.4, -0.2) is 84.5 Å². The molecule has 0 aromatic carbocycles. The highest BCUT2D eigenvalue weighted by Gasteiger charge is 2.36. The fourth-order valence-electron chi connectivity index (χ4n) is 4.02. The van der Waals surface area contributed by atoms with Crippen LogP contribution in [0, 0.1) is 0 Å². The fraction of sp³-hybridized carbons (Fsp3) is 0.833. The summed E-state index contributed by atoms with van der Waals surface area (Å²) in [5.74, 6) is 1.99. The van der Waals surface area contributed by atoms with Crippen LogP contribution in [0.1, 0.15) is 38.4 Å². The van der Waals surface area contributed by atoms with E-state index in [4.69, 9.17) is 0 Å². The molecular weight excluding hydrogens is 473 g/mol. The van der Waals surface area contributed by atoms with E-state index in [-0.39, 0.29) is 29.5 Å². The van der Waals surface area contributed by atoms with Crippen molar-refractivity contribution in [2.45, 2.75) is 44.6 Å². The second-order valence-electron chi connectivity index (χ2n) is 7.55. The quantitative estimate of drug-likeness (QED) is 0.375. The fourth-order valence-corrected chi connectivity index (χ4v) is 4.82. The zero-order valence-electron chi connectivity index (χ0n) is 17.1. The normalized spacial score (nSPS) is 20.1. The molecule has 2 fully saturated rings. The summed E-state index contributed by atoms with van der Waals surface area (Å²) < 4.78 is 4.41. The van der Waals surface area contributed by atoms with Gasteiger partial charge in [-0.2, -0.15) is 4.37 Å². The van der Waals surface area contributed by atoms with Gasteiger partial charge in [0.1, 0.15) is 5.82 Å². The summed E-state index contributed by atoms with van der Waals surface area (Å²) in [5.41, 5.74) is 0.279. The standard InChI is InChI=1S/C18H33N7S.HI/c1-5-15-21-17(26-22-15)25-12-10-24(11-13-25)16(19-2)20-14-18(23(3)4)8-6-7-9-18;/h5-14H2,1-4H3,(H,19,20);1H. The van der Waals surface area contributed by atoms with E-state index in [0.717, 1.165) is 56.1 Å².